The molecule has 0 amide bonds. The number of nitrogens with zero attached hydrogens (tertiary/aromatic N) is 2. The molecule has 98 valence electrons. The van der Waals surface area contributed by atoms with Gasteiger partial charge >= 0.3 is 0 Å². The molecule has 1 aromatic heterocycles. The van der Waals surface area contributed by atoms with Gasteiger partial charge in [-0.15, -0.1) is 0 Å². The van der Waals surface area contributed by atoms with E-state index in [0.717, 1.165) is 43.1 Å². The van der Waals surface area contributed by atoms with Crippen molar-refractivity contribution in [2.24, 2.45) is 0 Å². The molecule has 3 rings (SSSR count). The highest BCUT2D eigenvalue weighted by molar-refractivity contribution is 5.61. The van der Waals surface area contributed by atoms with E-state index in [4.69, 9.17) is 4.74 Å². The molecular formula is C15H17N3O. The number of rotatable bonds is 4. The number of benzene rings is 1. The summed E-state index contributed by atoms with van der Waals surface area (Å²) in [6.07, 6.45) is 4.20. The Kier molecular flexibility index (Phi) is 3.70. The first-order valence-electron chi connectivity index (χ1n) is 6.65. The summed E-state index contributed by atoms with van der Waals surface area (Å²) in [6.45, 7) is 1.69. The normalized spacial score (nSPS) is 18.4. The molecule has 1 aliphatic rings. The lowest BCUT2D eigenvalue weighted by molar-refractivity contribution is 0.120. The van der Waals surface area contributed by atoms with Crippen LogP contribution in [0.25, 0.3) is 11.3 Å². The first kappa shape index (κ1) is 12.1. The Morgan fingerprint density at radius 3 is 2.89 bits per heavy atom. The fraction of sp³-hybridized carbons (Fsp3) is 0.333. The van der Waals surface area contributed by atoms with Crippen LogP contribution in [0.4, 0.5) is 5.82 Å². The molecule has 1 unspecified atom stereocenters. The number of aromatic nitrogens is 2. The monoisotopic (exact) mass is 255 g/mol. The molecule has 19 heavy (non-hydrogen) atoms. The number of hydrogen-bond acceptors (Lipinski definition) is 4. The van der Waals surface area contributed by atoms with Gasteiger partial charge < -0.3 is 10.1 Å². The second-order valence-corrected chi connectivity index (χ2v) is 4.67. The molecule has 1 saturated heterocycles. The van der Waals surface area contributed by atoms with Crippen LogP contribution < -0.4 is 5.32 Å². The molecule has 4 heteroatoms. The van der Waals surface area contributed by atoms with E-state index < -0.39 is 0 Å². The number of hydrogen-bond donors (Lipinski definition) is 1. The van der Waals surface area contributed by atoms with Crippen molar-refractivity contribution in [1.82, 2.24) is 9.97 Å². The predicted molar refractivity (Wildman–Crippen MR) is 74.9 cm³/mol. The van der Waals surface area contributed by atoms with Gasteiger partial charge in [0.05, 0.1) is 11.8 Å². The van der Waals surface area contributed by atoms with E-state index >= 15 is 0 Å². The Balaban J connectivity index is 1.69. The molecule has 0 bridgehead atoms. The Hall–Kier alpha value is -1.94. The van der Waals surface area contributed by atoms with Gasteiger partial charge in [-0.2, -0.15) is 0 Å². The zero-order valence-corrected chi connectivity index (χ0v) is 10.7. The molecule has 0 saturated carbocycles. The number of ether oxygens (including phenoxy) is 1. The summed E-state index contributed by atoms with van der Waals surface area (Å²) >= 11 is 0. The highest BCUT2D eigenvalue weighted by Gasteiger charge is 2.15. The van der Waals surface area contributed by atoms with Crippen LogP contribution in [0.3, 0.4) is 0 Å². The molecule has 0 spiro atoms. The van der Waals surface area contributed by atoms with Crippen LogP contribution in [0, 0.1) is 0 Å². The summed E-state index contributed by atoms with van der Waals surface area (Å²) in [5, 5.41) is 3.32. The lowest BCUT2D eigenvalue weighted by atomic mass is 10.1. The van der Waals surface area contributed by atoms with Crippen molar-refractivity contribution < 1.29 is 4.74 Å². The van der Waals surface area contributed by atoms with E-state index in [1.165, 1.54) is 0 Å². The van der Waals surface area contributed by atoms with Crippen molar-refractivity contribution >= 4 is 5.82 Å². The first-order chi connectivity index (χ1) is 9.42. The first-order valence-corrected chi connectivity index (χ1v) is 6.65. The minimum Gasteiger partial charge on any atom is -0.376 e. The molecule has 1 N–H and O–H groups in total. The van der Waals surface area contributed by atoms with E-state index in [0.29, 0.717) is 6.10 Å². The number of anilines is 1. The Labute approximate surface area is 112 Å². The molecule has 4 nitrogen and oxygen atoms in total. The Morgan fingerprint density at radius 2 is 2.11 bits per heavy atom. The summed E-state index contributed by atoms with van der Waals surface area (Å²) in [4.78, 5) is 8.56. The van der Waals surface area contributed by atoms with Gasteiger partial charge in [-0.05, 0) is 12.8 Å². The Bertz CT molecular complexity index is 524. The molecule has 1 aromatic carbocycles. The maximum Gasteiger partial charge on any atom is 0.130 e. The van der Waals surface area contributed by atoms with Crippen LogP contribution in [0.5, 0.6) is 0 Å². The molecule has 0 radical (unpaired) electrons. The van der Waals surface area contributed by atoms with Gasteiger partial charge in [0, 0.05) is 24.8 Å². The standard InChI is InChI=1S/C15H17N3O/c1-2-5-12(6-3-1)14-9-15(18-11-17-14)16-10-13-7-4-8-19-13/h1-3,5-6,9,11,13H,4,7-8,10H2,(H,16,17,18). The van der Waals surface area contributed by atoms with Crippen LogP contribution in [-0.4, -0.2) is 29.2 Å². The lowest BCUT2D eigenvalue weighted by Crippen LogP contribution is -2.18. The molecular weight excluding hydrogens is 238 g/mol. The zero-order valence-electron chi connectivity index (χ0n) is 10.7. The predicted octanol–water partition coefficient (Wildman–Crippen LogP) is 2.73. The zero-order chi connectivity index (χ0) is 12.9. The van der Waals surface area contributed by atoms with Gasteiger partial charge in [0.1, 0.15) is 12.1 Å². The second-order valence-electron chi connectivity index (χ2n) is 4.67. The Morgan fingerprint density at radius 1 is 1.21 bits per heavy atom. The SMILES string of the molecule is c1ccc(-c2cc(NCC3CCCO3)ncn2)cc1. The minimum atomic E-state index is 0.315. The second kappa shape index (κ2) is 5.80. The maximum atomic E-state index is 5.58. The van der Waals surface area contributed by atoms with Crippen molar-refractivity contribution in [2.45, 2.75) is 18.9 Å². The van der Waals surface area contributed by atoms with Crippen LogP contribution in [0.1, 0.15) is 12.8 Å². The van der Waals surface area contributed by atoms with Crippen molar-refractivity contribution in [1.29, 1.82) is 0 Å². The summed E-state index contributed by atoms with van der Waals surface area (Å²) in [6, 6.07) is 12.1. The molecule has 2 heterocycles. The number of nitrogens with one attached hydrogen (secondary N) is 1. The van der Waals surface area contributed by atoms with Crippen LogP contribution in [-0.2, 0) is 4.74 Å². The van der Waals surface area contributed by atoms with Gasteiger partial charge in [0.25, 0.3) is 0 Å². The quantitative estimate of drug-likeness (QED) is 0.912. The highest BCUT2D eigenvalue weighted by Crippen LogP contribution is 2.18. The molecule has 1 atom stereocenters. The average molecular weight is 255 g/mol. The van der Waals surface area contributed by atoms with Crippen LogP contribution >= 0.6 is 0 Å². The van der Waals surface area contributed by atoms with Crippen molar-refractivity contribution in [3.63, 3.8) is 0 Å². The van der Waals surface area contributed by atoms with E-state index in [9.17, 15) is 0 Å². The minimum absolute atomic E-state index is 0.315. The van der Waals surface area contributed by atoms with Crippen LogP contribution in [0.15, 0.2) is 42.7 Å². The molecule has 2 aromatic rings. The van der Waals surface area contributed by atoms with Gasteiger partial charge in [-0.25, -0.2) is 9.97 Å². The maximum absolute atomic E-state index is 5.58. The van der Waals surface area contributed by atoms with Gasteiger partial charge in [0.15, 0.2) is 0 Å². The third-order valence-corrected chi connectivity index (χ3v) is 3.27. The van der Waals surface area contributed by atoms with Gasteiger partial charge in [0.2, 0.25) is 0 Å². The highest BCUT2D eigenvalue weighted by atomic mass is 16.5. The fourth-order valence-electron chi connectivity index (χ4n) is 2.24. The summed E-state index contributed by atoms with van der Waals surface area (Å²) in [5.74, 6) is 0.851. The van der Waals surface area contributed by atoms with Crippen molar-refractivity contribution in [3.05, 3.63) is 42.7 Å². The van der Waals surface area contributed by atoms with Gasteiger partial charge in [-0.3, -0.25) is 0 Å². The molecule has 1 fully saturated rings. The van der Waals surface area contributed by atoms with Crippen molar-refractivity contribution in [2.75, 3.05) is 18.5 Å². The van der Waals surface area contributed by atoms with Crippen LogP contribution in [0.2, 0.25) is 0 Å². The van der Waals surface area contributed by atoms with E-state index in [2.05, 4.69) is 15.3 Å². The van der Waals surface area contributed by atoms with E-state index in [1.807, 2.05) is 36.4 Å². The molecule has 0 aliphatic carbocycles. The molecule has 1 aliphatic heterocycles. The third-order valence-electron chi connectivity index (χ3n) is 3.27. The summed E-state index contributed by atoms with van der Waals surface area (Å²) in [5.41, 5.74) is 2.04. The fourth-order valence-corrected chi connectivity index (χ4v) is 2.24. The van der Waals surface area contributed by atoms with Gasteiger partial charge in [-0.1, -0.05) is 30.3 Å². The lowest BCUT2D eigenvalue weighted by Gasteiger charge is -2.11. The topological polar surface area (TPSA) is 47.0 Å². The van der Waals surface area contributed by atoms with E-state index in [-0.39, 0.29) is 0 Å². The van der Waals surface area contributed by atoms with Crippen molar-refractivity contribution in [3.8, 4) is 11.3 Å². The van der Waals surface area contributed by atoms with E-state index in [1.54, 1.807) is 6.33 Å². The largest absolute Gasteiger partial charge is 0.376 e. The summed E-state index contributed by atoms with van der Waals surface area (Å²) in [7, 11) is 0. The third kappa shape index (κ3) is 3.09. The summed E-state index contributed by atoms with van der Waals surface area (Å²) < 4.78 is 5.58. The average Bonchev–Trinajstić information content (AvgIpc) is 3.00. The smallest absolute Gasteiger partial charge is 0.130 e.